The van der Waals surface area contributed by atoms with E-state index in [9.17, 15) is 14.7 Å². The van der Waals surface area contributed by atoms with Gasteiger partial charge >= 0.3 is 5.97 Å². The Kier molecular flexibility index (Phi) is 5.63. The zero-order valence-electron chi connectivity index (χ0n) is 16.4. The lowest BCUT2D eigenvalue weighted by Gasteiger charge is -2.28. The van der Waals surface area contributed by atoms with E-state index >= 15 is 0 Å². The Balaban J connectivity index is 1.79. The standard InChI is InChI=1S/C21H29NO5/c1-14(2)21(20(24)25)10-11-22(13-21)19(23)15-8-9-17(26-3)18(12-15)27-16-6-4-5-7-16/h8-9,12,14,16H,4-7,10-11,13H2,1-3H3,(H,24,25). The molecule has 1 atom stereocenters. The van der Waals surface area contributed by atoms with Crippen molar-refractivity contribution < 1.29 is 24.2 Å². The second-order valence-electron chi connectivity index (χ2n) is 7.98. The second-order valence-corrected chi connectivity index (χ2v) is 7.98. The van der Waals surface area contributed by atoms with Crippen LogP contribution < -0.4 is 9.47 Å². The molecular formula is C21H29NO5. The molecule has 0 bridgehead atoms. The Morgan fingerprint density at radius 2 is 1.93 bits per heavy atom. The van der Waals surface area contributed by atoms with E-state index < -0.39 is 11.4 Å². The van der Waals surface area contributed by atoms with Crippen LogP contribution in [0.15, 0.2) is 18.2 Å². The Morgan fingerprint density at radius 3 is 2.48 bits per heavy atom. The SMILES string of the molecule is COc1ccc(C(=O)N2CCC(C(=O)O)(C(C)C)C2)cc1OC1CCCC1. The third-order valence-electron chi connectivity index (χ3n) is 6.13. The van der Waals surface area contributed by atoms with Crippen LogP contribution >= 0.6 is 0 Å². The summed E-state index contributed by atoms with van der Waals surface area (Å²) in [5, 5.41) is 9.70. The number of hydrogen-bond acceptors (Lipinski definition) is 4. The zero-order chi connectivity index (χ0) is 19.6. The number of carboxylic acids is 1. The van der Waals surface area contributed by atoms with Crippen molar-refractivity contribution in [2.45, 2.75) is 52.1 Å². The highest BCUT2D eigenvalue weighted by molar-refractivity contribution is 5.95. The van der Waals surface area contributed by atoms with Gasteiger partial charge in [0.1, 0.15) is 0 Å². The number of carboxylic acid groups (broad SMARTS) is 1. The summed E-state index contributed by atoms with van der Waals surface area (Å²) in [7, 11) is 1.59. The first-order chi connectivity index (χ1) is 12.9. The third-order valence-corrected chi connectivity index (χ3v) is 6.13. The van der Waals surface area contributed by atoms with Crippen molar-refractivity contribution >= 4 is 11.9 Å². The van der Waals surface area contributed by atoms with E-state index in [0.29, 0.717) is 30.0 Å². The number of ether oxygens (including phenoxy) is 2. The van der Waals surface area contributed by atoms with Crippen LogP contribution in [0, 0.1) is 11.3 Å². The summed E-state index contributed by atoms with van der Waals surface area (Å²) in [4.78, 5) is 26.5. The number of aliphatic carboxylic acids is 1. The fraction of sp³-hybridized carbons (Fsp3) is 0.619. The average molecular weight is 375 g/mol. The van der Waals surface area contributed by atoms with E-state index in [-0.39, 0.29) is 24.5 Å². The number of carbonyl (C=O) groups is 2. The van der Waals surface area contributed by atoms with E-state index in [4.69, 9.17) is 9.47 Å². The summed E-state index contributed by atoms with van der Waals surface area (Å²) in [5.74, 6) is 0.181. The Hall–Kier alpha value is -2.24. The maximum atomic E-state index is 13.0. The fourth-order valence-electron chi connectivity index (χ4n) is 4.17. The fourth-order valence-corrected chi connectivity index (χ4v) is 4.17. The molecule has 3 rings (SSSR count). The van der Waals surface area contributed by atoms with Crippen LogP contribution in [0.25, 0.3) is 0 Å². The van der Waals surface area contributed by atoms with Crippen LogP contribution in [-0.4, -0.2) is 48.2 Å². The first kappa shape index (κ1) is 19.5. The van der Waals surface area contributed by atoms with Gasteiger partial charge in [-0.15, -0.1) is 0 Å². The molecule has 6 heteroatoms. The highest BCUT2D eigenvalue weighted by Crippen LogP contribution is 2.39. The predicted octanol–water partition coefficient (Wildman–Crippen LogP) is 3.59. The number of benzene rings is 1. The molecule has 1 aliphatic carbocycles. The van der Waals surface area contributed by atoms with E-state index in [2.05, 4.69) is 0 Å². The van der Waals surface area contributed by atoms with Crippen molar-refractivity contribution in [1.29, 1.82) is 0 Å². The normalized spacial score (nSPS) is 23.0. The molecule has 0 aromatic heterocycles. The summed E-state index contributed by atoms with van der Waals surface area (Å²) in [6.45, 7) is 4.50. The molecular weight excluding hydrogens is 346 g/mol. The van der Waals surface area contributed by atoms with Gasteiger partial charge in [-0.3, -0.25) is 9.59 Å². The first-order valence-corrected chi connectivity index (χ1v) is 9.75. The molecule has 0 radical (unpaired) electrons. The third kappa shape index (κ3) is 3.75. The van der Waals surface area contributed by atoms with Gasteiger partial charge in [-0.25, -0.2) is 0 Å². The topological polar surface area (TPSA) is 76.1 Å². The molecule has 148 valence electrons. The minimum Gasteiger partial charge on any atom is -0.493 e. The molecule has 1 amide bonds. The largest absolute Gasteiger partial charge is 0.493 e. The van der Waals surface area contributed by atoms with Gasteiger partial charge in [-0.1, -0.05) is 13.8 Å². The van der Waals surface area contributed by atoms with Gasteiger partial charge in [0, 0.05) is 18.7 Å². The minimum absolute atomic E-state index is 0.0371. The molecule has 1 N–H and O–H groups in total. The van der Waals surface area contributed by atoms with E-state index in [1.165, 1.54) is 0 Å². The van der Waals surface area contributed by atoms with Gasteiger partial charge in [0.2, 0.25) is 0 Å². The maximum Gasteiger partial charge on any atom is 0.311 e. The summed E-state index contributed by atoms with van der Waals surface area (Å²) in [5.41, 5.74) is -0.362. The van der Waals surface area contributed by atoms with E-state index in [1.807, 2.05) is 13.8 Å². The average Bonchev–Trinajstić information content (AvgIpc) is 3.31. The lowest BCUT2D eigenvalue weighted by atomic mass is 9.76. The smallest absolute Gasteiger partial charge is 0.311 e. The number of likely N-dealkylation sites (tertiary alicyclic amines) is 1. The van der Waals surface area contributed by atoms with Crippen molar-refractivity contribution in [1.82, 2.24) is 4.90 Å². The zero-order valence-corrected chi connectivity index (χ0v) is 16.4. The number of carbonyl (C=O) groups excluding carboxylic acids is 1. The first-order valence-electron chi connectivity index (χ1n) is 9.75. The van der Waals surface area contributed by atoms with Crippen molar-refractivity contribution in [2.75, 3.05) is 20.2 Å². The van der Waals surface area contributed by atoms with Gasteiger partial charge in [-0.2, -0.15) is 0 Å². The molecule has 1 saturated heterocycles. The Labute approximate surface area is 160 Å². The van der Waals surface area contributed by atoms with Crippen molar-refractivity contribution in [2.24, 2.45) is 11.3 Å². The van der Waals surface area contributed by atoms with Crippen LogP contribution in [0.5, 0.6) is 11.5 Å². The molecule has 1 heterocycles. The highest BCUT2D eigenvalue weighted by atomic mass is 16.5. The molecule has 1 unspecified atom stereocenters. The number of hydrogen-bond donors (Lipinski definition) is 1. The molecule has 0 spiro atoms. The minimum atomic E-state index is -0.870. The Morgan fingerprint density at radius 1 is 1.22 bits per heavy atom. The number of nitrogens with zero attached hydrogens (tertiary/aromatic N) is 1. The molecule has 1 saturated carbocycles. The van der Waals surface area contributed by atoms with Gasteiger partial charge < -0.3 is 19.5 Å². The Bertz CT molecular complexity index is 711. The van der Waals surface area contributed by atoms with Gasteiger partial charge in [0.25, 0.3) is 5.91 Å². The van der Waals surface area contributed by atoms with Crippen molar-refractivity contribution in [3.05, 3.63) is 23.8 Å². The van der Waals surface area contributed by atoms with Crippen LogP contribution in [0.4, 0.5) is 0 Å². The molecule has 1 aromatic carbocycles. The van der Waals surface area contributed by atoms with E-state index in [0.717, 1.165) is 25.7 Å². The van der Waals surface area contributed by atoms with Crippen LogP contribution in [0.1, 0.15) is 56.3 Å². The quantitative estimate of drug-likeness (QED) is 0.822. The molecule has 1 aromatic rings. The molecule has 27 heavy (non-hydrogen) atoms. The summed E-state index contributed by atoms with van der Waals surface area (Å²) >= 11 is 0. The van der Waals surface area contributed by atoms with Crippen LogP contribution in [0.3, 0.4) is 0 Å². The number of amides is 1. The summed E-state index contributed by atoms with van der Waals surface area (Å²) in [6.07, 6.45) is 4.99. The highest BCUT2D eigenvalue weighted by Gasteiger charge is 2.48. The van der Waals surface area contributed by atoms with Crippen LogP contribution in [-0.2, 0) is 4.79 Å². The predicted molar refractivity (Wildman–Crippen MR) is 101 cm³/mol. The van der Waals surface area contributed by atoms with Crippen molar-refractivity contribution in [3.63, 3.8) is 0 Å². The van der Waals surface area contributed by atoms with Gasteiger partial charge in [-0.05, 0) is 56.2 Å². The molecule has 2 fully saturated rings. The lowest BCUT2D eigenvalue weighted by Crippen LogP contribution is -2.40. The van der Waals surface area contributed by atoms with Crippen LogP contribution in [0.2, 0.25) is 0 Å². The van der Waals surface area contributed by atoms with Gasteiger partial charge in [0.15, 0.2) is 11.5 Å². The second kappa shape index (κ2) is 7.79. The molecule has 2 aliphatic rings. The molecule has 1 aliphatic heterocycles. The number of methoxy groups -OCH3 is 1. The summed E-state index contributed by atoms with van der Waals surface area (Å²) in [6, 6.07) is 5.20. The molecule has 6 nitrogen and oxygen atoms in total. The lowest BCUT2D eigenvalue weighted by molar-refractivity contribution is -0.150. The summed E-state index contributed by atoms with van der Waals surface area (Å²) < 4.78 is 11.5. The monoisotopic (exact) mass is 375 g/mol. The van der Waals surface area contributed by atoms with Crippen molar-refractivity contribution in [3.8, 4) is 11.5 Å². The number of rotatable bonds is 6. The van der Waals surface area contributed by atoms with Gasteiger partial charge in [0.05, 0.1) is 18.6 Å². The van der Waals surface area contributed by atoms with E-state index in [1.54, 1.807) is 30.2 Å². The maximum absolute atomic E-state index is 13.0.